The van der Waals surface area contributed by atoms with Crippen LogP contribution in [0, 0.1) is 5.92 Å². The number of carbonyl (C=O) groups excluding carboxylic acids is 2. The van der Waals surface area contributed by atoms with E-state index in [1.165, 1.54) is 0 Å². The van der Waals surface area contributed by atoms with Crippen LogP contribution in [0.1, 0.15) is 39.5 Å². The fourth-order valence-corrected chi connectivity index (χ4v) is 2.10. The minimum Gasteiger partial charge on any atom is -0.450 e. The number of likely N-dealkylation sites (tertiary alicyclic amines) is 1. The van der Waals surface area contributed by atoms with E-state index in [9.17, 15) is 9.59 Å². The highest BCUT2D eigenvalue weighted by atomic mass is 16.6. The highest BCUT2D eigenvalue weighted by molar-refractivity contribution is 5.79. The highest BCUT2D eigenvalue weighted by Gasteiger charge is 2.28. The van der Waals surface area contributed by atoms with E-state index in [0.717, 1.165) is 32.2 Å². The molecule has 1 atom stereocenters. The van der Waals surface area contributed by atoms with Crippen molar-refractivity contribution in [3.8, 4) is 0 Å². The van der Waals surface area contributed by atoms with Crippen molar-refractivity contribution in [2.45, 2.75) is 39.5 Å². The summed E-state index contributed by atoms with van der Waals surface area (Å²) in [5, 5.41) is 2.93. The monoisotopic (exact) mass is 256 g/mol. The van der Waals surface area contributed by atoms with Crippen LogP contribution in [0.4, 0.5) is 4.79 Å². The predicted molar refractivity (Wildman–Crippen MR) is 69.2 cm³/mol. The Morgan fingerprint density at radius 3 is 2.83 bits per heavy atom. The van der Waals surface area contributed by atoms with Crippen molar-refractivity contribution in [2.24, 2.45) is 5.92 Å². The van der Waals surface area contributed by atoms with Gasteiger partial charge in [0.05, 0.1) is 12.5 Å². The molecule has 0 bridgehead atoms. The van der Waals surface area contributed by atoms with Crippen LogP contribution < -0.4 is 5.32 Å². The van der Waals surface area contributed by atoms with E-state index in [1.54, 1.807) is 11.8 Å². The third-order valence-corrected chi connectivity index (χ3v) is 3.15. The van der Waals surface area contributed by atoms with Crippen molar-refractivity contribution in [2.75, 3.05) is 26.2 Å². The Morgan fingerprint density at radius 1 is 1.39 bits per heavy atom. The summed E-state index contributed by atoms with van der Waals surface area (Å²) in [6, 6.07) is 0. The van der Waals surface area contributed by atoms with Crippen LogP contribution in [0.5, 0.6) is 0 Å². The second-order valence-electron chi connectivity index (χ2n) is 4.63. The number of amides is 2. The van der Waals surface area contributed by atoms with Gasteiger partial charge in [-0.1, -0.05) is 13.3 Å². The zero-order valence-corrected chi connectivity index (χ0v) is 11.4. The van der Waals surface area contributed by atoms with Gasteiger partial charge >= 0.3 is 6.09 Å². The summed E-state index contributed by atoms with van der Waals surface area (Å²) >= 11 is 0. The van der Waals surface area contributed by atoms with E-state index in [0.29, 0.717) is 19.7 Å². The predicted octanol–water partition coefficient (Wildman–Crippen LogP) is 1.77. The molecule has 0 aliphatic carbocycles. The number of unbranched alkanes of at least 4 members (excludes halogenated alkanes) is 1. The number of piperidine rings is 1. The maximum atomic E-state index is 11.9. The van der Waals surface area contributed by atoms with Crippen LogP contribution in [0.3, 0.4) is 0 Å². The van der Waals surface area contributed by atoms with Gasteiger partial charge in [-0.15, -0.1) is 0 Å². The summed E-state index contributed by atoms with van der Waals surface area (Å²) in [4.78, 5) is 25.1. The fourth-order valence-electron chi connectivity index (χ4n) is 2.10. The van der Waals surface area contributed by atoms with Gasteiger partial charge in [-0.2, -0.15) is 0 Å². The van der Waals surface area contributed by atoms with Gasteiger partial charge in [0.1, 0.15) is 0 Å². The standard InChI is InChI=1S/C13H24N2O3/c1-3-5-8-14-12(16)11-7-6-9-15(10-11)13(17)18-4-2/h11H,3-10H2,1-2H3,(H,14,16). The van der Waals surface area contributed by atoms with Gasteiger partial charge in [-0.3, -0.25) is 4.79 Å². The molecule has 0 spiro atoms. The van der Waals surface area contributed by atoms with Crippen molar-refractivity contribution in [3.05, 3.63) is 0 Å². The first-order chi connectivity index (χ1) is 8.69. The van der Waals surface area contributed by atoms with Crippen LogP contribution in [0.2, 0.25) is 0 Å². The van der Waals surface area contributed by atoms with Crippen molar-refractivity contribution in [1.29, 1.82) is 0 Å². The molecule has 5 nitrogen and oxygen atoms in total. The Hall–Kier alpha value is -1.26. The van der Waals surface area contributed by atoms with E-state index in [1.807, 2.05) is 0 Å². The Bertz CT molecular complexity index is 281. The zero-order valence-electron chi connectivity index (χ0n) is 11.4. The molecule has 5 heteroatoms. The molecule has 1 heterocycles. The summed E-state index contributed by atoms with van der Waals surface area (Å²) in [5.41, 5.74) is 0. The van der Waals surface area contributed by atoms with Crippen molar-refractivity contribution in [1.82, 2.24) is 10.2 Å². The van der Waals surface area contributed by atoms with Gasteiger partial charge in [0.15, 0.2) is 0 Å². The van der Waals surface area contributed by atoms with Crippen LogP contribution in [-0.4, -0.2) is 43.1 Å². The largest absolute Gasteiger partial charge is 0.450 e. The minimum absolute atomic E-state index is 0.0671. The van der Waals surface area contributed by atoms with Crippen molar-refractivity contribution in [3.63, 3.8) is 0 Å². The molecular formula is C13H24N2O3. The molecule has 2 amide bonds. The molecule has 1 rings (SSSR count). The highest BCUT2D eigenvalue weighted by Crippen LogP contribution is 2.17. The van der Waals surface area contributed by atoms with Gasteiger partial charge in [0.25, 0.3) is 0 Å². The molecule has 0 aromatic carbocycles. The van der Waals surface area contributed by atoms with E-state index in [-0.39, 0.29) is 17.9 Å². The second kappa shape index (κ2) is 7.95. The topological polar surface area (TPSA) is 58.6 Å². The molecule has 1 aliphatic heterocycles. The Balaban J connectivity index is 2.38. The summed E-state index contributed by atoms with van der Waals surface area (Å²) in [6.07, 6.45) is 3.49. The molecule has 18 heavy (non-hydrogen) atoms. The summed E-state index contributed by atoms with van der Waals surface area (Å²) in [6.45, 7) is 6.16. The third-order valence-electron chi connectivity index (χ3n) is 3.15. The quantitative estimate of drug-likeness (QED) is 0.763. The van der Waals surface area contributed by atoms with Gasteiger partial charge in [-0.05, 0) is 26.2 Å². The minimum atomic E-state index is -0.302. The number of nitrogens with one attached hydrogen (secondary N) is 1. The number of ether oxygens (including phenoxy) is 1. The van der Waals surface area contributed by atoms with Gasteiger partial charge < -0.3 is 15.0 Å². The van der Waals surface area contributed by atoms with E-state index in [2.05, 4.69) is 12.2 Å². The SMILES string of the molecule is CCCCNC(=O)C1CCCN(C(=O)OCC)C1. The number of hydrogen-bond acceptors (Lipinski definition) is 3. The number of carbonyl (C=O) groups is 2. The maximum absolute atomic E-state index is 11.9. The summed E-state index contributed by atoms with van der Waals surface area (Å²) < 4.78 is 4.96. The van der Waals surface area contributed by atoms with Crippen LogP contribution >= 0.6 is 0 Å². The first-order valence-electron chi connectivity index (χ1n) is 6.88. The number of nitrogens with zero attached hydrogens (tertiary/aromatic N) is 1. The molecule has 1 N–H and O–H groups in total. The number of hydrogen-bond donors (Lipinski definition) is 1. The molecule has 1 saturated heterocycles. The lowest BCUT2D eigenvalue weighted by Crippen LogP contribution is -2.45. The second-order valence-corrected chi connectivity index (χ2v) is 4.63. The molecule has 0 aromatic heterocycles. The number of rotatable bonds is 5. The summed E-state index contributed by atoms with van der Waals surface area (Å²) in [5.74, 6) is -0.0162. The average Bonchev–Trinajstić information content (AvgIpc) is 2.39. The van der Waals surface area contributed by atoms with Crippen LogP contribution in [0.25, 0.3) is 0 Å². The van der Waals surface area contributed by atoms with Crippen molar-refractivity contribution < 1.29 is 14.3 Å². The fraction of sp³-hybridized carbons (Fsp3) is 0.846. The van der Waals surface area contributed by atoms with Crippen LogP contribution in [0.15, 0.2) is 0 Å². The van der Waals surface area contributed by atoms with Gasteiger partial charge in [0.2, 0.25) is 5.91 Å². The average molecular weight is 256 g/mol. The van der Waals surface area contributed by atoms with Gasteiger partial charge in [0, 0.05) is 19.6 Å². The summed E-state index contributed by atoms with van der Waals surface area (Å²) in [7, 11) is 0. The first-order valence-corrected chi connectivity index (χ1v) is 6.88. The Labute approximate surface area is 109 Å². The molecule has 1 fully saturated rings. The molecule has 0 aromatic rings. The normalized spacial score (nSPS) is 19.4. The molecule has 104 valence electrons. The molecular weight excluding hydrogens is 232 g/mol. The lowest BCUT2D eigenvalue weighted by molar-refractivity contribution is -0.126. The molecule has 0 radical (unpaired) electrons. The van der Waals surface area contributed by atoms with E-state index >= 15 is 0 Å². The molecule has 1 aliphatic rings. The van der Waals surface area contributed by atoms with E-state index in [4.69, 9.17) is 4.74 Å². The molecule has 1 unspecified atom stereocenters. The zero-order chi connectivity index (χ0) is 13.4. The lowest BCUT2D eigenvalue weighted by atomic mass is 9.97. The first kappa shape index (κ1) is 14.8. The maximum Gasteiger partial charge on any atom is 0.409 e. The van der Waals surface area contributed by atoms with Crippen LogP contribution in [-0.2, 0) is 9.53 Å². The van der Waals surface area contributed by atoms with Crippen molar-refractivity contribution >= 4 is 12.0 Å². The van der Waals surface area contributed by atoms with Gasteiger partial charge in [-0.25, -0.2) is 4.79 Å². The Kier molecular flexibility index (Phi) is 6.54. The van der Waals surface area contributed by atoms with E-state index < -0.39 is 0 Å². The molecule has 0 saturated carbocycles. The Morgan fingerprint density at radius 2 is 2.17 bits per heavy atom. The lowest BCUT2D eigenvalue weighted by Gasteiger charge is -2.31. The smallest absolute Gasteiger partial charge is 0.409 e. The third kappa shape index (κ3) is 4.55.